The van der Waals surface area contributed by atoms with Crippen LogP contribution < -0.4 is 5.32 Å². The summed E-state index contributed by atoms with van der Waals surface area (Å²) < 4.78 is 5.48. The Morgan fingerprint density at radius 1 is 0.394 bits per heavy atom. The van der Waals surface area contributed by atoms with Crippen molar-refractivity contribution in [2.75, 3.05) is 13.2 Å². The summed E-state index contributed by atoms with van der Waals surface area (Å²) in [6, 6.07) is -0.546. The maximum absolute atomic E-state index is 12.5. The van der Waals surface area contributed by atoms with Crippen LogP contribution in [0.1, 0.15) is 341 Å². The fourth-order valence-corrected chi connectivity index (χ4v) is 9.78. The second kappa shape index (κ2) is 60.6. The van der Waals surface area contributed by atoms with E-state index in [0.717, 1.165) is 51.4 Å². The highest BCUT2D eigenvalue weighted by atomic mass is 16.5. The molecule has 71 heavy (non-hydrogen) atoms. The van der Waals surface area contributed by atoms with Crippen LogP contribution in [0.25, 0.3) is 0 Å². The van der Waals surface area contributed by atoms with Gasteiger partial charge in [-0.3, -0.25) is 9.59 Å². The molecule has 0 saturated carbocycles. The van der Waals surface area contributed by atoms with Crippen molar-refractivity contribution < 1.29 is 24.5 Å². The average molecular weight is 999 g/mol. The molecule has 2 atom stereocenters. The van der Waals surface area contributed by atoms with Gasteiger partial charge in [-0.15, -0.1) is 0 Å². The van der Waals surface area contributed by atoms with Crippen LogP contribution in [0.3, 0.4) is 0 Å². The van der Waals surface area contributed by atoms with Crippen LogP contribution in [0, 0.1) is 0 Å². The van der Waals surface area contributed by atoms with Crippen LogP contribution in [0.2, 0.25) is 0 Å². The smallest absolute Gasteiger partial charge is 0.305 e. The normalized spacial score (nSPS) is 12.8. The molecule has 0 aromatic rings. The van der Waals surface area contributed by atoms with Gasteiger partial charge in [-0.2, -0.15) is 0 Å². The third-order valence-corrected chi connectivity index (χ3v) is 14.7. The third-order valence-electron chi connectivity index (χ3n) is 14.7. The number of aliphatic hydroxyl groups is 2. The number of nitrogens with one attached hydrogen (secondary N) is 1. The number of rotatable bonds is 59. The summed E-state index contributed by atoms with van der Waals surface area (Å²) in [4.78, 5) is 24.5. The minimum atomic E-state index is -0.668. The molecule has 0 aliphatic heterocycles. The minimum absolute atomic E-state index is 0.00116. The number of carbonyl (C=O) groups is 2. The van der Waals surface area contributed by atoms with E-state index in [2.05, 4.69) is 55.6 Å². The highest BCUT2D eigenvalue weighted by molar-refractivity contribution is 5.76. The average Bonchev–Trinajstić information content (AvgIpc) is 3.37. The van der Waals surface area contributed by atoms with Crippen LogP contribution in [-0.2, 0) is 14.3 Å². The molecule has 0 heterocycles. The van der Waals surface area contributed by atoms with E-state index in [9.17, 15) is 19.8 Å². The molecule has 0 saturated heterocycles. The Morgan fingerprint density at radius 2 is 0.704 bits per heavy atom. The predicted octanol–water partition coefficient (Wildman–Crippen LogP) is 20.0. The van der Waals surface area contributed by atoms with E-state index in [1.165, 1.54) is 257 Å². The van der Waals surface area contributed by atoms with Crippen molar-refractivity contribution in [2.24, 2.45) is 0 Å². The zero-order chi connectivity index (χ0) is 51.4. The van der Waals surface area contributed by atoms with E-state index < -0.39 is 12.1 Å². The molecule has 1 amide bonds. The van der Waals surface area contributed by atoms with E-state index in [1.54, 1.807) is 0 Å². The first-order valence-corrected chi connectivity index (χ1v) is 31.7. The van der Waals surface area contributed by atoms with Gasteiger partial charge in [-0.25, -0.2) is 0 Å². The lowest BCUT2D eigenvalue weighted by molar-refractivity contribution is -0.143. The fourth-order valence-electron chi connectivity index (χ4n) is 9.78. The second-order valence-corrected chi connectivity index (χ2v) is 21.7. The predicted molar refractivity (Wildman–Crippen MR) is 310 cm³/mol. The highest BCUT2D eigenvalue weighted by Gasteiger charge is 2.20. The van der Waals surface area contributed by atoms with E-state index in [0.29, 0.717) is 25.9 Å². The lowest BCUT2D eigenvalue weighted by Gasteiger charge is -2.22. The molecule has 0 radical (unpaired) electrons. The van der Waals surface area contributed by atoms with Gasteiger partial charge in [0.15, 0.2) is 0 Å². The molecule has 6 nitrogen and oxygen atoms in total. The summed E-state index contributed by atoms with van der Waals surface area (Å²) in [6.07, 6.45) is 75.9. The summed E-state index contributed by atoms with van der Waals surface area (Å²) in [5.74, 6) is -0.0389. The number of ether oxygens (including phenoxy) is 1. The molecule has 0 rings (SSSR count). The van der Waals surface area contributed by atoms with Crippen LogP contribution >= 0.6 is 0 Å². The lowest BCUT2D eigenvalue weighted by Crippen LogP contribution is -2.45. The summed E-state index contributed by atoms with van der Waals surface area (Å²) >= 11 is 0. The molecule has 0 fully saturated rings. The Hall–Kier alpha value is -1.92. The number of amides is 1. The van der Waals surface area contributed by atoms with Crippen molar-refractivity contribution in [3.8, 4) is 0 Å². The van der Waals surface area contributed by atoms with Crippen molar-refractivity contribution in [3.05, 3.63) is 36.5 Å². The molecule has 0 bridgehead atoms. The monoisotopic (exact) mass is 998 g/mol. The van der Waals surface area contributed by atoms with Gasteiger partial charge in [0.2, 0.25) is 5.91 Å². The van der Waals surface area contributed by atoms with Crippen molar-refractivity contribution >= 4 is 11.9 Å². The Kier molecular flexibility index (Phi) is 59.0. The Morgan fingerprint density at radius 3 is 1.08 bits per heavy atom. The van der Waals surface area contributed by atoms with Gasteiger partial charge in [0.05, 0.1) is 25.4 Å². The fraction of sp³-hybridized carbons (Fsp3) is 0.877. The Balaban J connectivity index is 3.43. The van der Waals surface area contributed by atoms with E-state index in [1.807, 2.05) is 0 Å². The summed E-state index contributed by atoms with van der Waals surface area (Å²) in [7, 11) is 0. The van der Waals surface area contributed by atoms with Gasteiger partial charge in [-0.1, -0.05) is 281 Å². The number of hydrogen-bond acceptors (Lipinski definition) is 5. The minimum Gasteiger partial charge on any atom is -0.466 e. The molecular formula is C65H123NO5. The summed E-state index contributed by atoms with van der Waals surface area (Å²) in [6.45, 7) is 4.95. The van der Waals surface area contributed by atoms with Gasteiger partial charge < -0.3 is 20.3 Å². The molecule has 0 aliphatic carbocycles. The molecule has 2 unspecified atom stereocenters. The summed E-state index contributed by atoms with van der Waals surface area (Å²) in [5.41, 5.74) is 0. The first kappa shape index (κ1) is 69.1. The largest absolute Gasteiger partial charge is 0.466 e. The van der Waals surface area contributed by atoms with Gasteiger partial charge >= 0.3 is 5.97 Å². The molecule has 418 valence electrons. The first-order chi connectivity index (χ1) is 35.0. The van der Waals surface area contributed by atoms with E-state index >= 15 is 0 Å². The van der Waals surface area contributed by atoms with Crippen molar-refractivity contribution in [2.45, 2.75) is 353 Å². The highest BCUT2D eigenvalue weighted by Crippen LogP contribution is 2.17. The Bertz CT molecular complexity index is 1150. The van der Waals surface area contributed by atoms with E-state index in [-0.39, 0.29) is 18.5 Å². The molecule has 6 heteroatoms. The first-order valence-electron chi connectivity index (χ1n) is 31.7. The van der Waals surface area contributed by atoms with Crippen LogP contribution in [0.15, 0.2) is 36.5 Å². The van der Waals surface area contributed by atoms with Gasteiger partial charge in [0.25, 0.3) is 0 Å². The third kappa shape index (κ3) is 57.2. The second-order valence-electron chi connectivity index (χ2n) is 21.7. The topological polar surface area (TPSA) is 95.9 Å². The number of aliphatic hydroxyl groups excluding tert-OH is 2. The number of unbranched alkanes of at least 4 members (excludes halogenated alkanes) is 42. The molecule has 0 aliphatic rings. The van der Waals surface area contributed by atoms with Gasteiger partial charge in [-0.05, 0) is 83.5 Å². The molecule has 0 aromatic heterocycles. The van der Waals surface area contributed by atoms with Crippen LogP contribution in [0.5, 0.6) is 0 Å². The number of carbonyl (C=O) groups excluding carboxylic acids is 2. The lowest BCUT2D eigenvalue weighted by atomic mass is 10.0. The van der Waals surface area contributed by atoms with Crippen molar-refractivity contribution in [1.29, 1.82) is 0 Å². The number of hydrogen-bond donors (Lipinski definition) is 3. The zero-order valence-corrected chi connectivity index (χ0v) is 47.7. The van der Waals surface area contributed by atoms with Crippen molar-refractivity contribution in [3.63, 3.8) is 0 Å². The zero-order valence-electron chi connectivity index (χ0n) is 47.7. The summed E-state index contributed by atoms with van der Waals surface area (Å²) in [5, 5.41) is 23.3. The maximum Gasteiger partial charge on any atom is 0.305 e. The molecule has 3 N–H and O–H groups in total. The number of allylic oxidation sites excluding steroid dienone is 6. The van der Waals surface area contributed by atoms with Crippen LogP contribution in [-0.4, -0.2) is 47.4 Å². The quantitative estimate of drug-likeness (QED) is 0.0321. The van der Waals surface area contributed by atoms with Gasteiger partial charge in [0.1, 0.15) is 0 Å². The SMILES string of the molecule is CCCCCCCC/C=C\CCCCCCCC(=O)OCCCCCCCCCCC/C=C\C/C=C\CCCCCCCCCCCC(=O)NC(CO)C(O)CCCCCCCCCCCCCCCC. The van der Waals surface area contributed by atoms with Crippen molar-refractivity contribution in [1.82, 2.24) is 5.32 Å². The molecule has 0 aromatic carbocycles. The molecular weight excluding hydrogens is 875 g/mol. The maximum atomic E-state index is 12.5. The van der Waals surface area contributed by atoms with Gasteiger partial charge in [0, 0.05) is 12.8 Å². The molecule has 0 spiro atoms. The number of esters is 1. The van der Waals surface area contributed by atoms with Crippen LogP contribution in [0.4, 0.5) is 0 Å². The Labute approximate surface area is 443 Å². The standard InChI is InChI=1S/C65H123NO5/c1-3-5-7-9-11-13-15-17-30-35-39-43-47-51-55-59-65(70)71-60-56-52-48-44-40-36-32-29-27-25-23-21-19-20-22-24-26-28-31-34-38-42-46-50-54-58-64(69)66-62(61-67)63(68)57-53-49-45-41-37-33-18-16-14-12-10-8-6-4-2/h17,20-23,30,62-63,67-68H,3-16,18-19,24-29,31-61H2,1-2H3,(H,66,69)/b22-20-,23-21-,30-17-. The van der Waals surface area contributed by atoms with E-state index in [4.69, 9.17) is 4.74 Å².